The molecule has 0 atom stereocenters. The summed E-state index contributed by atoms with van der Waals surface area (Å²) in [5.41, 5.74) is 7.21. The van der Waals surface area contributed by atoms with Crippen LogP contribution in [0.1, 0.15) is 11.1 Å². The summed E-state index contributed by atoms with van der Waals surface area (Å²) in [5.74, 6) is 1.03. The Morgan fingerprint density at radius 2 is 1.47 bits per heavy atom. The van der Waals surface area contributed by atoms with Gasteiger partial charge < -0.3 is 4.42 Å². The highest BCUT2D eigenvalue weighted by Gasteiger charge is 2.27. The summed E-state index contributed by atoms with van der Waals surface area (Å²) in [6, 6.07) is 35.6. The Bertz CT molecular complexity index is 2060. The fraction of sp³-hybridized carbons (Fsp3) is 0.0588. The highest BCUT2D eigenvalue weighted by atomic mass is 16.3. The molecule has 0 fully saturated rings. The number of furan rings is 1. The van der Waals surface area contributed by atoms with Crippen LogP contribution in [0, 0.1) is 18.3 Å². The normalized spacial score (nSPS) is 11.4. The van der Waals surface area contributed by atoms with Gasteiger partial charge in [-0.25, -0.2) is 4.57 Å². The predicted octanol–water partition coefficient (Wildman–Crippen LogP) is 7.87. The van der Waals surface area contributed by atoms with E-state index < -0.39 is 0 Å². The lowest BCUT2D eigenvalue weighted by molar-refractivity contribution is -0.659. The second kappa shape index (κ2) is 8.47. The van der Waals surface area contributed by atoms with Crippen LogP contribution in [0.25, 0.3) is 60.9 Å². The second-order valence-corrected chi connectivity index (χ2v) is 9.71. The molecule has 4 nitrogen and oxygen atoms in total. The van der Waals surface area contributed by atoms with E-state index >= 15 is 0 Å². The number of para-hydroxylation sites is 1. The van der Waals surface area contributed by atoms with Gasteiger partial charge in [-0.2, -0.15) is 9.83 Å². The number of aryl methyl sites for hydroxylation is 2. The van der Waals surface area contributed by atoms with Gasteiger partial charge in [0.2, 0.25) is 0 Å². The van der Waals surface area contributed by atoms with Crippen LogP contribution in [0.4, 0.5) is 0 Å². The number of hydrogen-bond acceptors (Lipinski definition) is 2. The van der Waals surface area contributed by atoms with E-state index in [1.807, 2.05) is 42.5 Å². The summed E-state index contributed by atoms with van der Waals surface area (Å²) in [6.07, 6.45) is 4.15. The van der Waals surface area contributed by atoms with Crippen molar-refractivity contribution in [3.05, 3.63) is 121 Å². The summed E-state index contributed by atoms with van der Waals surface area (Å²) >= 11 is 0. The molecule has 0 N–H and O–H groups in total. The Kier molecular flexibility index (Phi) is 4.92. The lowest BCUT2D eigenvalue weighted by Gasteiger charge is -2.07. The zero-order chi connectivity index (χ0) is 25.8. The Morgan fingerprint density at radius 3 is 2.26 bits per heavy atom. The summed E-state index contributed by atoms with van der Waals surface area (Å²) < 4.78 is 11.1. The third-order valence-corrected chi connectivity index (χ3v) is 7.44. The fourth-order valence-electron chi connectivity index (χ4n) is 5.58. The fourth-order valence-corrected chi connectivity index (χ4v) is 5.58. The van der Waals surface area contributed by atoms with Crippen molar-refractivity contribution in [1.82, 2.24) is 4.57 Å². The Morgan fingerprint density at radius 1 is 0.763 bits per heavy atom. The van der Waals surface area contributed by atoms with Crippen LogP contribution in [0.5, 0.6) is 0 Å². The van der Waals surface area contributed by atoms with Crippen molar-refractivity contribution in [1.29, 1.82) is 5.26 Å². The number of hydrogen-bond donors (Lipinski definition) is 0. The first-order valence-electron chi connectivity index (χ1n) is 12.6. The van der Waals surface area contributed by atoms with Gasteiger partial charge in [-0.3, -0.25) is 0 Å². The molecule has 0 aliphatic heterocycles. The van der Waals surface area contributed by atoms with Crippen LogP contribution in [0.15, 0.2) is 114 Å². The monoisotopic (exact) mass is 490 g/mol. The molecule has 0 spiro atoms. The van der Waals surface area contributed by atoms with E-state index in [1.54, 1.807) is 0 Å². The van der Waals surface area contributed by atoms with E-state index in [1.165, 1.54) is 5.39 Å². The third-order valence-electron chi connectivity index (χ3n) is 7.44. The van der Waals surface area contributed by atoms with Crippen molar-refractivity contribution < 1.29 is 8.98 Å². The van der Waals surface area contributed by atoms with Crippen molar-refractivity contribution in [2.24, 2.45) is 7.05 Å². The van der Waals surface area contributed by atoms with Crippen LogP contribution < -0.4 is 4.57 Å². The standard InChI is InChI=1S/C34H24N3O/c1-22-12-16-28-29-17-15-26(21-35)31(25-14-13-23-8-6-7-9-24(23)20-25)33(29)38-32(28)30(22)34-36(2)18-19-37(34)27-10-4-3-5-11-27/h3-20H,1-2H3/q+1. The molecule has 2 heterocycles. The van der Waals surface area contributed by atoms with Crippen LogP contribution >= 0.6 is 0 Å². The summed E-state index contributed by atoms with van der Waals surface area (Å²) in [5, 5.41) is 14.4. The minimum Gasteiger partial charge on any atom is -0.454 e. The maximum absolute atomic E-state index is 10.1. The van der Waals surface area contributed by atoms with E-state index in [-0.39, 0.29) is 0 Å². The molecule has 180 valence electrons. The summed E-state index contributed by atoms with van der Waals surface area (Å²) in [7, 11) is 2.06. The maximum Gasteiger partial charge on any atom is 0.297 e. The smallest absolute Gasteiger partial charge is 0.297 e. The lowest BCUT2D eigenvalue weighted by Crippen LogP contribution is -2.29. The molecule has 0 amide bonds. The first-order valence-corrected chi connectivity index (χ1v) is 12.6. The van der Waals surface area contributed by atoms with Gasteiger partial charge in [-0.15, -0.1) is 0 Å². The van der Waals surface area contributed by atoms with Gasteiger partial charge in [0.1, 0.15) is 29.2 Å². The quantitative estimate of drug-likeness (QED) is 0.237. The number of nitrogens with zero attached hydrogens (tertiary/aromatic N) is 3. The van der Waals surface area contributed by atoms with Crippen LogP contribution in [-0.2, 0) is 7.05 Å². The van der Waals surface area contributed by atoms with Crippen molar-refractivity contribution in [3.8, 4) is 34.3 Å². The summed E-state index contributed by atoms with van der Waals surface area (Å²) in [6.45, 7) is 2.12. The first kappa shape index (κ1) is 22.1. The van der Waals surface area contributed by atoms with Gasteiger partial charge in [0, 0.05) is 16.3 Å². The highest BCUT2D eigenvalue weighted by molar-refractivity contribution is 6.14. The minimum atomic E-state index is 0.600. The molecule has 7 aromatic rings. The highest BCUT2D eigenvalue weighted by Crippen LogP contribution is 2.42. The lowest BCUT2D eigenvalue weighted by atomic mass is 9.95. The van der Waals surface area contributed by atoms with E-state index in [4.69, 9.17) is 4.42 Å². The second-order valence-electron chi connectivity index (χ2n) is 9.71. The zero-order valence-electron chi connectivity index (χ0n) is 21.1. The van der Waals surface area contributed by atoms with Gasteiger partial charge in [0.25, 0.3) is 5.82 Å². The van der Waals surface area contributed by atoms with Gasteiger partial charge in [0.15, 0.2) is 5.58 Å². The zero-order valence-corrected chi connectivity index (χ0v) is 21.1. The molecule has 0 bridgehead atoms. The number of benzene rings is 5. The molecule has 4 heteroatoms. The van der Waals surface area contributed by atoms with Gasteiger partial charge >= 0.3 is 0 Å². The number of rotatable bonds is 3. The Balaban J connectivity index is 1.56. The average Bonchev–Trinajstić information content (AvgIpc) is 3.53. The van der Waals surface area contributed by atoms with Crippen LogP contribution in [0.3, 0.4) is 0 Å². The topological polar surface area (TPSA) is 45.7 Å². The average molecular weight is 491 g/mol. The SMILES string of the molecule is Cc1ccc2c(oc3c(-c4ccc5ccccc5c4)c(C#N)ccc32)c1-c1n(-c2ccccc2)cc[n+]1C. The molecule has 2 aromatic heterocycles. The van der Waals surface area contributed by atoms with Crippen molar-refractivity contribution in [2.75, 3.05) is 0 Å². The molecule has 7 rings (SSSR count). The van der Waals surface area contributed by atoms with Crippen molar-refractivity contribution >= 4 is 32.7 Å². The van der Waals surface area contributed by atoms with Gasteiger partial charge in [-0.1, -0.05) is 66.7 Å². The van der Waals surface area contributed by atoms with Crippen LogP contribution in [0.2, 0.25) is 0 Å². The molecule has 0 radical (unpaired) electrons. The predicted molar refractivity (Wildman–Crippen MR) is 152 cm³/mol. The first-order chi connectivity index (χ1) is 18.6. The molecule has 0 saturated carbocycles. The third kappa shape index (κ3) is 3.26. The van der Waals surface area contributed by atoms with Gasteiger partial charge in [0.05, 0.1) is 18.7 Å². The van der Waals surface area contributed by atoms with Gasteiger partial charge in [-0.05, 0) is 59.2 Å². The molecule has 38 heavy (non-hydrogen) atoms. The molecular weight excluding hydrogens is 466 g/mol. The number of nitriles is 1. The molecule has 0 aliphatic rings. The van der Waals surface area contributed by atoms with Crippen molar-refractivity contribution in [2.45, 2.75) is 6.92 Å². The molecular formula is C34H24N3O+. The van der Waals surface area contributed by atoms with E-state index in [2.05, 4.69) is 96.2 Å². The molecule has 5 aromatic carbocycles. The van der Waals surface area contributed by atoms with E-state index in [0.717, 1.165) is 61.1 Å². The molecule has 0 aliphatic carbocycles. The summed E-state index contributed by atoms with van der Waals surface area (Å²) in [4.78, 5) is 0. The number of imidazole rings is 1. The number of aromatic nitrogens is 2. The van der Waals surface area contributed by atoms with E-state index in [0.29, 0.717) is 5.56 Å². The molecule has 0 unspecified atom stereocenters. The van der Waals surface area contributed by atoms with Crippen molar-refractivity contribution in [3.63, 3.8) is 0 Å². The largest absolute Gasteiger partial charge is 0.454 e. The number of fused-ring (bicyclic) bond motifs is 4. The molecule has 0 saturated heterocycles. The van der Waals surface area contributed by atoms with E-state index in [9.17, 15) is 5.26 Å². The Labute approximate surface area is 220 Å². The Hall–Kier alpha value is -5.14. The maximum atomic E-state index is 10.1. The van der Waals surface area contributed by atoms with Crippen LogP contribution in [-0.4, -0.2) is 4.57 Å². The minimum absolute atomic E-state index is 0.600.